The van der Waals surface area contributed by atoms with Crippen molar-refractivity contribution in [3.8, 4) is 5.75 Å². The lowest BCUT2D eigenvalue weighted by Gasteiger charge is -2.28. The van der Waals surface area contributed by atoms with Gasteiger partial charge in [-0.2, -0.15) is 0 Å². The van der Waals surface area contributed by atoms with Crippen molar-refractivity contribution in [3.05, 3.63) is 27.3 Å². The Labute approximate surface area is 116 Å². The standard InChI is InChI=1S/C13H18INO2/c1-17-12-5-4-10(14)7-11(12)13(16)9-3-2-6-15-8-9/h4-5,7,9,13,15-16H,2-3,6,8H2,1H3. The van der Waals surface area contributed by atoms with Gasteiger partial charge in [0.25, 0.3) is 0 Å². The highest BCUT2D eigenvalue weighted by Crippen LogP contribution is 2.33. The molecule has 1 aliphatic heterocycles. The molecular formula is C13H18INO2. The summed E-state index contributed by atoms with van der Waals surface area (Å²) in [5.41, 5.74) is 0.910. The molecule has 94 valence electrons. The predicted octanol–water partition coefficient (Wildman–Crippen LogP) is 2.33. The van der Waals surface area contributed by atoms with Gasteiger partial charge in [-0.1, -0.05) is 0 Å². The predicted molar refractivity (Wildman–Crippen MR) is 76.3 cm³/mol. The third kappa shape index (κ3) is 3.11. The van der Waals surface area contributed by atoms with E-state index in [0.29, 0.717) is 0 Å². The summed E-state index contributed by atoms with van der Waals surface area (Å²) in [6, 6.07) is 5.93. The van der Waals surface area contributed by atoms with Gasteiger partial charge in [0.05, 0.1) is 13.2 Å². The van der Waals surface area contributed by atoms with E-state index in [1.54, 1.807) is 7.11 Å². The van der Waals surface area contributed by atoms with Crippen molar-refractivity contribution in [2.24, 2.45) is 5.92 Å². The summed E-state index contributed by atoms with van der Waals surface area (Å²) in [6.45, 7) is 1.95. The Balaban J connectivity index is 2.21. The average molecular weight is 347 g/mol. The minimum atomic E-state index is -0.438. The van der Waals surface area contributed by atoms with Gasteiger partial charge < -0.3 is 15.2 Å². The molecule has 1 fully saturated rings. The van der Waals surface area contributed by atoms with Crippen LogP contribution in [-0.2, 0) is 0 Å². The van der Waals surface area contributed by atoms with Gasteiger partial charge in [-0.25, -0.2) is 0 Å². The minimum absolute atomic E-state index is 0.288. The number of piperidine rings is 1. The van der Waals surface area contributed by atoms with Crippen LogP contribution in [0, 0.1) is 9.49 Å². The van der Waals surface area contributed by atoms with Crippen LogP contribution in [0.15, 0.2) is 18.2 Å². The number of nitrogens with one attached hydrogen (secondary N) is 1. The molecule has 2 atom stereocenters. The number of hydrogen-bond acceptors (Lipinski definition) is 3. The van der Waals surface area contributed by atoms with Gasteiger partial charge >= 0.3 is 0 Å². The van der Waals surface area contributed by atoms with Crippen LogP contribution in [0.2, 0.25) is 0 Å². The van der Waals surface area contributed by atoms with Crippen molar-refractivity contribution >= 4 is 22.6 Å². The van der Waals surface area contributed by atoms with Gasteiger partial charge in [0.2, 0.25) is 0 Å². The molecule has 2 N–H and O–H groups in total. The molecule has 1 aromatic carbocycles. The number of rotatable bonds is 3. The van der Waals surface area contributed by atoms with E-state index in [1.165, 1.54) is 0 Å². The summed E-state index contributed by atoms with van der Waals surface area (Å²) in [4.78, 5) is 0. The zero-order valence-corrected chi connectivity index (χ0v) is 12.1. The first kappa shape index (κ1) is 13.1. The monoisotopic (exact) mass is 347 g/mol. The van der Waals surface area contributed by atoms with Crippen LogP contribution >= 0.6 is 22.6 Å². The Hall–Kier alpha value is -0.330. The van der Waals surface area contributed by atoms with E-state index in [0.717, 1.165) is 40.8 Å². The van der Waals surface area contributed by atoms with Gasteiger partial charge in [-0.05, 0) is 60.2 Å². The van der Waals surface area contributed by atoms with E-state index in [4.69, 9.17) is 4.74 Å². The van der Waals surface area contributed by atoms with Gasteiger partial charge in [-0.3, -0.25) is 0 Å². The van der Waals surface area contributed by atoms with Crippen LogP contribution in [0.3, 0.4) is 0 Å². The smallest absolute Gasteiger partial charge is 0.124 e. The van der Waals surface area contributed by atoms with E-state index in [2.05, 4.69) is 27.9 Å². The molecule has 2 unspecified atom stereocenters. The molecule has 4 heteroatoms. The van der Waals surface area contributed by atoms with Gasteiger partial charge in [0.1, 0.15) is 5.75 Å². The number of aliphatic hydroxyl groups excluding tert-OH is 1. The highest BCUT2D eigenvalue weighted by molar-refractivity contribution is 14.1. The lowest BCUT2D eigenvalue weighted by molar-refractivity contribution is 0.0896. The zero-order valence-electron chi connectivity index (χ0n) is 9.95. The Bertz CT molecular complexity index is 378. The van der Waals surface area contributed by atoms with Crippen molar-refractivity contribution in [2.45, 2.75) is 18.9 Å². The van der Waals surface area contributed by atoms with E-state index in [1.807, 2.05) is 18.2 Å². The molecule has 1 heterocycles. The minimum Gasteiger partial charge on any atom is -0.496 e. The largest absolute Gasteiger partial charge is 0.496 e. The molecule has 3 nitrogen and oxygen atoms in total. The first-order chi connectivity index (χ1) is 8.22. The first-order valence-electron chi connectivity index (χ1n) is 5.94. The van der Waals surface area contributed by atoms with Crippen molar-refractivity contribution in [1.29, 1.82) is 0 Å². The quantitative estimate of drug-likeness (QED) is 0.825. The van der Waals surface area contributed by atoms with Gasteiger partial charge in [0.15, 0.2) is 0 Å². The molecule has 1 aromatic rings. The molecule has 0 saturated carbocycles. The number of hydrogen-bond donors (Lipinski definition) is 2. The number of halogens is 1. The lowest BCUT2D eigenvalue weighted by atomic mass is 9.89. The maximum atomic E-state index is 10.5. The third-order valence-electron chi connectivity index (χ3n) is 3.29. The normalized spacial score (nSPS) is 22.2. The number of ether oxygens (including phenoxy) is 1. The van der Waals surface area contributed by atoms with Crippen LogP contribution in [0.25, 0.3) is 0 Å². The second-order valence-electron chi connectivity index (χ2n) is 4.44. The van der Waals surface area contributed by atoms with Gasteiger partial charge in [-0.15, -0.1) is 0 Å². The Morgan fingerprint density at radius 3 is 3.00 bits per heavy atom. The highest BCUT2D eigenvalue weighted by atomic mass is 127. The topological polar surface area (TPSA) is 41.5 Å². The molecule has 0 aromatic heterocycles. The van der Waals surface area contributed by atoms with Crippen molar-refractivity contribution in [2.75, 3.05) is 20.2 Å². The van der Waals surface area contributed by atoms with Crippen molar-refractivity contribution in [3.63, 3.8) is 0 Å². The van der Waals surface area contributed by atoms with Crippen molar-refractivity contribution < 1.29 is 9.84 Å². The fourth-order valence-electron chi connectivity index (χ4n) is 2.34. The molecule has 0 spiro atoms. The summed E-state index contributed by atoms with van der Waals surface area (Å²) in [6.07, 6.45) is 1.77. The second kappa shape index (κ2) is 6.02. The van der Waals surface area contributed by atoms with Crippen LogP contribution < -0.4 is 10.1 Å². The SMILES string of the molecule is COc1ccc(I)cc1C(O)C1CCCNC1. The van der Waals surface area contributed by atoms with Crippen LogP contribution in [0.1, 0.15) is 24.5 Å². The van der Waals surface area contributed by atoms with Crippen molar-refractivity contribution in [1.82, 2.24) is 5.32 Å². The molecule has 0 amide bonds. The summed E-state index contributed by atoms with van der Waals surface area (Å²) in [5.74, 6) is 1.07. The summed E-state index contributed by atoms with van der Waals surface area (Å²) >= 11 is 2.26. The number of methoxy groups -OCH3 is 1. The number of aliphatic hydroxyl groups is 1. The summed E-state index contributed by atoms with van der Waals surface area (Å²) in [7, 11) is 1.65. The van der Waals surface area contributed by atoms with Crippen LogP contribution in [0.5, 0.6) is 5.75 Å². The van der Waals surface area contributed by atoms with E-state index in [-0.39, 0.29) is 5.92 Å². The first-order valence-corrected chi connectivity index (χ1v) is 7.02. The van der Waals surface area contributed by atoms with E-state index < -0.39 is 6.10 Å². The zero-order chi connectivity index (χ0) is 12.3. The van der Waals surface area contributed by atoms with E-state index in [9.17, 15) is 5.11 Å². The maximum absolute atomic E-state index is 10.5. The fraction of sp³-hybridized carbons (Fsp3) is 0.538. The molecule has 1 saturated heterocycles. The summed E-state index contributed by atoms with van der Waals surface area (Å²) < 4.78 is 6.45. The number of benzene rings is 1. The molecule has 2 rings (SSSR count). The molecule has 1 aliphatic rings. The van der Waals surface area contributed by atoms with Crippen LogP contribution in [-0.4, -0.2) is 25.3 Å². The van der Waals surface area contributed by atoms with Gasteiger partial charge in [0, 0.05) is 21.6 Å². The Kier molecular flexibility index (Phi) is 4.64. The molecule has 0 aliphatic carbocycles. The molecule has 17 heavy (non-hydrogen) atoms. The maximum Gasteiger partial charge on any atom is 0.124 e. The second-order valence-corrected chi connectivity index (χ2v) is 5.68. The lowest BCUT2D eigenvalue weighted by Crippen LogP contribution is -2.33. The third-order valence-corrected chi connectivity index (χ3v) is 3.96. The highest BCUT2D eigenvalue weighted by Gasteiger charge is 2.25. The fourth-order valence-corrected chi connectivity index (χ4v) is 2.85. The molecule has 0 bridgehead atoms. The van der Waals surface area contributed by atoms with Crippen LogP contribution in [0.4, 0.5) is 0 Å². The molecular weight excluding hydrogens is 329 g/mol. The average Bonchev–Trinajstić information content (AvgIpc) is 2.39. The Morgan fingerprint density at radius 2 is 2.35 bits per heavy atom. The Morgan fingerprint density at radius 1 is 1.53 bits per heavy atom. The molecule has 0 radical (unpaired) electrons. The van der Waals surface area contributed by atoms with E-state index >= 15 is 0 Å². The summed E-state index contributed by atoms with van der Waals surface area (Å²) in [5, 5.41) is 13.8.